The lowest BCUT2D eigenvalue weighted by molar-refractivity contribution is -0.115. The van der Waals surface area contributed by atoms with Crippen molar-refractivity contribution in [3.8, 4) is 17.1 Å². The number of aromatic amines is 1. The van der Waals surface area contributed by atoms with Gasteiger partial charge in [-0.25, -0.2) is 4.98 Å². The van der Waals surface area contributed by atoms with Gasteiger partial charge >= 0.3 is 0 Å². The maximum Gasteiger partial charge on any atom is 0.237 e. The number of hydrogen-bond acceptors (Lipinski definition) is 5. The second kappa shape index (κ2) is 8.25. The van der Waals surface area contributed by atoms with Crippen LogP contribution in [0.5, 0.6) is 5.75 Å². The van der Waals surface area contributed by atoms with Gasteiger partial charge in [-0.2, -0.15) is 0 Å². The summed E-state index contributed by atoms with van der Waals surface area (Å²) in [7, 11) is 1.62. The highest BCUT2D eigenvalue weighted by molar-refractivity contribution is 8.00. The monoisotopic (exact) mass is 388 g/mol. The van der Waals surface area contributed by atoms with Crippen molar-refractivity contribution in [2.75, 3.05) is 12.4 Å². The van der Waals surface area contributed by atoms with Crippen LogP contribution in [0.3, 0.4) is 0 Å². The van der Waals surface area contributed by atoms with Crippen LogP contribution in [0.1, 0.15) is 6.92 Å². The van der Waals surface area contributed by atoms with Crippen LogP contribution in [0.25, 0.3) is 11.4 Å². The van der Waals surface area contributed by atoms with Gasteiger partial charge in [-0.3, -0.25) is 9.89 Å². The number of H-pyrrole nitrogens is 1. The molecule has 0 unspecified atom stereocenters. The Morgan fingerprint density at radius 2 is 1.88 bits per heavy atom. The van der Waals surface area contributed by atoms with Crippen LogP contribution in [0.4, 0.5) is 5.69 Å². The molecule has 2 aromatic carbocycles. The topological polar surface area (TPSA) is 79.9 Å². The van der Waals surface area contributed by atoms with Gasteiger partial charge < -0.3 is 10.1 Å². The summed E-state index contributed by atoms with van der Waals surface area (Å²) in [6.45, 7) is 1.80. The number of thioether (sulfide) groups is 1. The quantitative estimate of drug-likeness (QED) is 0.617. The molecular weight excluding hydrogens is 372 g/mol. The molecule has 8 heteroatoms. The average molecular weight is 389 g/mol. The Morgan fingerprint density at radius 3 is 2.54 bits per heavy atom. The molecule has 6 nitrogen and oxygen atoms in total. The molecule has 3 aromatic rings. The van der Waals surface area contributed by atoms with E-state index in [-0.39, 0.29) is 11.2 Å². The van der Waals surface area contributed by atoms with E-state index in [1.54, 1.807) is 38.3 Å². The van der Waals surface area contributed by atoms with Crippen LogP contribution < -0.4 is 10.1 Å². The maximum absolute atomic E-state index is 12.3. The molecule has 1 amide bonds. The first-order chi connectivity index (χ1) is 12.5. The number of benzene rings is 2. The lowest BCUT2D eigenvalue weighted by atomic mass is 10.2. The summed E-state index contributed by atoms with van der Waals surface area (Å²) in [5.74, 6) is 1.28. The Balaban J connectivity index is 1.62. The van der Waals surface area contributed by atoms with Crippen molar-refractivity contribution in [3.63, 3.8) is 0 Å². The van der Waals surface area contributed by atoms with Crippen molar-refractivity contribution >= 4 is 35.0 Å². The third-order valence-electron chi connectivity index (χ3n) is 3.59. The molecule has 1 aromatic heterocycles. The van der Waals surface area contributed by atoms with Gasteiger partial charge in [0.2, 0.25) is 11.1 Å². The number of nitrogens with one attached hydrogen (secondary N) is 2. The predicted molar refractivity (Wildman–Crippen MR) is 104 cm³/mol. The van der Waals surface area contributed by atoms with Gasteiger partial charge in [0, 0.05) is 16.3 Å². The second-order valence-electron chi connectivity index (χ2n) is 5.45. The lowest BCUT2D eigenvalue weighted by Gasteiger charge is -2.10. The molecule has 0 saturated heterocycles. The van der Waals surface area contributed by atoms with E-state index in [1.807, 2.05) is 24.3 Å². The van der Waals surface area contributed by atoms with E-state index >= 15 is 0 Å². The number of carbonyl (C=O) groups is 1. The zero-order valence-corrected chi connectivity index (χ0v) is 15.8. The molecule has 0 spiro atoms. The van der Waals surface area contributed by atoms with Crippen molar-refractivity contribution in [1.82, 2.24) is 15.2 Å². The first-order valence-electron chi connectivity index (χ1n) is 7.85. The molecule has 26 heavy (non-hydrogen) atoms. The molecule has 134 valence electrons. The summed E-state index contributed by atoms with van der Waals surface area (Å²) in [6, 6.07) is 14.5. The largest absolute Gasteiger partial charge is 0.497 e. The molecule has 1 heterocycles. The van der Waals surface area contributed by atoms with E-state index < -0.39 is 0 Å². The number of hydrogen-bond donors (Lipinski definition) is 2. The Hall–Kier alpha value is -2.51. The van der Waals surface area contributed by atoms with Gasteiger partial charge in [-0.1, -0.05) is 23.4 Å². The molecule has 0 fully saturated rings. The summed E-state index contributed by atoms with van der Waals surface area (Å²) in [5, 5.41) is 10.7. The number of carbonyl (C=O) groups excluding carboxylic acids is 1. The first kappa shape index (κ1) is 18.3. The number of nitrogens with zero attached hydrogens (tertiary/aromatic N) is 2. The summed E-state index contributed by atoms with van der Waals surface area (Å²) < 4.78 is 5.14. The van der Waals surface area contributed by atoms with Crippen LogP contribution in [-0.2, 0) is 4.79 Å². The minimum Gasteiger partial charge on any atom is -0.497 e. The Labute approximate surface area is 160 Å². The van der Waals surface area contributed by atoms with Crippen molar-refractivity contribution in [2.45, 2.75) is 17.3 Å². The van der Waals surface area contributed by atoms with Gasteiger partial charge in [-0.15, -0.1) is 5.10 Å². The summed E-state index contributed by atoms with van der Waals surface area (Å²) in [6.07, 6.45) is 0. The van der Waals surface area contributed by atoms with Gasteiger partial charge in [0.15, 0.2) is 5.82 Å². The highest BCUT2D eigenvalue weighted by Crippen LogP contribution is 2.25. The molecular formula is C18H17ClN4O2S. The zero-order valence-electron chi connectivity index (χ0n) is 14.2. The molecule has 0 bridgehead atoms. The van der Waals surface area contributed by atoms with Gasteiger partial charge in [0.25, 0.3) is 0 Å². The fourth-order valence-corrected chi connectivity index (χ4v) is 3.02. The van der Waals surface area contributed by atoms with Crippen molar-refractivity contribution in [2.24, 2.45) is 0 Å². The molecule has 1 atom stereocenters. The normalized spacial score (nSPS) is 11.8. The number of halogens is 1. The molecule has 0 aliphatic heterocycles. The highest BCUT2D eigenvalue weighted by Gasteiger charge is 2.17. The van der Waals surface area contributed by atoms with E-state index in [2.05, 4.69) is 20.5 Å². The molecule has 0 aliphatic carbocycles. The standard InChI is InChI=1S/C18H17ClN4O2S/c1-11(17(24)20-14-7-5-13(19)6-8-14)26-18-21-16(22-23-18)12-3-9-15(25-2)10-4-12/h3-11H,1-2H3,(H,20,24)(H,21,22,23)/t11-/m0/s1. The smallest absolute Gasteiger partial charge is 0.237 e. The van der Waals surface area contributed by atoms with Crippen molar-refractivity contribution in [1.29, 1.82) is 0 Å². The summed E-state index contributed by atoms with van der Waals surface area (Å²) >= 11 is 7.12. The SMILES string of the molecule is COc1ccc(-c2nc(S[C@@H](C)C(=O)Nc3ccc(Cl)cc3)n[nH]2)cc1. The van der Waals surface area contributed by atoms with Gasteiger partial charge in [-0.05, 0) is 55.5 Å². The molecule has 0 saturated carbocycles. The molecule has 2 N–H and O–H groups in total. The Morgan fingerprint density at radius 1 is 1.19 bits per heavy atom. The summed E-state index contributed by atoms with van der Waals surface area (Å²) in [5.41, 5.74) is 1.59. The van der Waals surface area contributed by atoms with Crippen LogP contribution in [0.15, 0.2) is 53.7 Å². The fraction of sp³-hybridized carbons (Fsp3) is 0.167. The fourth-order valence-electron chi connectivity index (χ4n) is 2.17. The molecule has 0 radical (unpaired) electrons. The van der Waals surface area contributed by atoms with Crippen molar-refractivity contribution in [3.05, 3.63) is 53.6 Å². The lowest BCUT2D eigenvalue weighted by Crippen LogP contribution is -2.22. The first-order valence-corrected chi connectivity index (χ1v) is 9.11. The third-order valence-corrected chi connectivity index (χ3v) is 4.80. The van der Waals surface area contributed by atoms with E-state index in [9.17, 15) is 4.79 Å². The number of amides is 1. The zero-order chi connectivity index (χ0) is 18.5. The van der Waals surface area contributed by atoms with E-state index in [4.69, 9.17) is 16.3 Å². The Bertz CT molecular complexity index is 881. The van der Waals surface area contributed by atoms with Crippen molar-refractivity contribution < 1.29 is 9.53 Å². The number of aromatic nitrogens is 3. The van der Waals surface area contributed by atoms with E-state index in [1.165, 1.54) is 11.8 Å². The molecule has 0 aliphatic rings. The minimum atomic E-state index is -0.356. The average Bonchev–Trinajstić information content (AvgIpc) is 3.12. The number of methoxy groups -OCH3 is 1. The Kier molecular flexibility index (Phi) is 5.80. The van der Waals surface area contributed by atoms with Crippen LogP contribution >= 0.6 is 23.4 Å². The molecule has 3 rings (SSSR count). The number of ether oxygens (including phenoxy) is 1. The third kappa shape index (κ3) is 4.56. The van der Waals surface area contributed by atoms with Gasteiger partial charge in [0.1, 0.15) is 5.75 Å². The van der Waals surface area contributed by atoms with Crippen LogP contribution in [-0.4, -0.2) is 33.4 Å². The predicted octanol–water partition coefficient (Wildman–Crippen LogP) is 4.25. The minimum absolute atomic E-state index is 0.131. The number of rotatable bonds is 6. The highest BCUT2D eigenvalue weighted by atomic mass is 35.5. The van der Waals surface area contributed by atoms with Crippen LogP contribution in [0, 0.1) is 0 Å². The van der Waals surface area contributed by atoms with Gasteiger partial charge in [0.05, 0.1) is 12.4 Å². The number of anilines is 1. The second-order valence-corrected chi connectivity index (χ2v) is 7.20. The van der Waals surface area contributed by atoms with E-state index in [0.29, 0.717) is 21.7 Å². The summed E-state index contributed by atoms with van der Waals surface area (Å²) in [4.78, 5) is 16.7. The maximum atomic E-state index is 12.3. The van der Waals surface area contributed by atoms with E-state index in [0.717, 1.165) is 11.3 Å². The van der Waals surface area contributed by atoms with Crippen LogP contribution in [0.2, 0.25) is 5.02 Å².